The number of rotatable bonds is 4. The normalized spacial score (nSPS) is 16.1. The van der Waals surface area contributed by atoms with E-state index < -0.39 is 10.0 Å². The zero-order valence-corrected chi connectivity index (χ0v) is 9.53. The maximum absolute atomic E-state index is 11.1. The fraction of sp³-hybridized carbons (Fsp3) is 0.400. The molecule has 1 aromatic rings. The molecule has 0 spiro atoms. The molecule has 0 radical (unpaired) electrons. The molecule has 0 unspecified atom stereocenters. The van der Waals surface area contributed by atoms with Crippen LogP contribution in [0, 0.1) is 5.92 Å². The molecule has 0 saturated heterocycles. The van der Waals surface area contributed by atoms with Crippen LogP contribution in [0.15, 0.2) is 23.1 Å². The number of benzene rings is 1. The first-order valence-corrected chi connectivity index (χ1v) is 6.56. The van der Waals surface area contributed by atoms with Gasteiger partial charge in [0.25, 0.3) is 0 Å². The Morgan fingerprint density at radius 3 is 2.56 bits per heavy atom. The lowest BCUT2D eigenvalue weighted by molar-refractivity contribution is 0.301. The predicted molar refractivity (Wildman–Crippen MR) is 60.4 cm³/mol. The number of hydrogen-bond donors (Lipinski definition) is 2. The lowest BCUT2D eigenvalue weighted by Crippen LogP contribution is -2.12. The fourth-order valence-corrected chi connectivity index (χ4v) is 1.88. The summed E-state index contributed by atoms with van der Waals surface area (Å²) in [6.45, 7) is 0.638. The Hall–Kier alpha value is -1.27. The number of nitrogen functional groups attached to an aromatic ring is 1. The molecular formula is C10H14N2O3S. The van der Waals surface area contributed by atoms with Crippen LogP contribution in [0.3, 0.4) is 0 Å². The van der Waals surface area contributed by atoms with Crippen molar-refractivity contribution in [3.63, 3.8) is 0 Å². The highest BCUT2D eigenvalue weighted by Gasteiger charge is 2.22. The first kappa shape index (κ1) is 11.2. The van der Waals surface area contributed by atoms with Crippen LogP contribution >= 0.6 is 0 Å². The summed E-state index contributed by atoms with van der Waals surface area (Å²) in [6, 6.07) is 4.25. The van der Waals surface area contributed by atoms with Crippen LogP contribution in [-0.2, 0) is 10.0 Å². The van der Waals surface area contributed by atoms with Crippen LogP contribution in [0.4, 0.5) is 5.69 Å². The smallest absolute Gasteiger partial charge is 0.238 e. The average Bonchev–Trinajstić information content (AvgIpc) is 2.98. The Balaban J connectivity index is 2.15. The van der Waals surface area contributed by atoms with Crippen molar-refractivity contribution in [2.24, 2.45) is 11.1 Å². The fourth-order valence-electron chi connectivity index (χ4n) is 1.33. The number of hydrogen-bond acceptors (Lipinski definition) is 4. The van der Waals surface area contributed by atoms with Gasteiger partial charge in [0.1, 0.15) is 5.75 Å². The summed E-state index contributed by atoms with van der Waals surface area (Å²) in [5.74, 6) is 1.14. The van der Waals surface area contributed by atoms with Gasteiger partial charge in [-0.05, 0) is 37.0 Å². The Morgan fingerprint density at radius 1 is 1.38 bits per heavy atom. The monoisotopic (exact) mass is 242 g/mol. The van der Waals surface area contributed by atoms with Crippen LogP contribution in [-0.4, -0.2) is 15.0 Å². The summed E-state index contributed by atoms with van der Waals surface area (Å²) in [7, 11) is -3.70. The SMILES string of the molecule is Nc1cc(S(N)(=O)=O)ccc1OCC1CC1. The molecule has 0 atom stereocenters. The number of anilines is 1. The number of ether oxygens (including phenoxy) is 1. The zero-order chi connectivity index (χ0) is 11.8. The lowest BCUT2D eigenvalue weighted by Gasteiger charge is -2.09. The number of sulfonamides is 1. The second-order valence-electron chi connectivity index (χ2n) is 4.00. The molecule has 4 N–H and O–H groups in total. The molecule has 0 aromatic heterocycles. The standard InChI is InChI=1S/C10H14N2O3S/c11-9-5-8(16(12,13)14)3-4-10(9)15-6-7-1-2-7/h3-5,7H,1-2,6,11H2,(H2,12,13,14). The van der Waals surface area contributed by atoms with E-state index in [4.69, 9.17) is 15.6 Å². The Morgan fingerprint density at radius 2 is 2.06 bits per heavy atom. The molecule has 0 bridgehead atoms. The number of nitrogens with two attached hydrogens (primary N) is 2. The van der Waals surface area contributed by atoms with Gasteiger partial charge in [-0.1, -0.05) is 0 Å². The van der Waals surface area contributed by atoms with E-state index >= 15 is 0 Å². The molecule has 1 aliphatic rings. The molecule has 88 valence electrons. The van der Waals surface area contributed by atoms with Crippen molar-refractivity contribution in [1.29, 1.82) is 0 Å². The van der Waals surface area contributed by atoms with Gasteiger partial charge in [0.2, 0.25) is 10.0 Å². The van der Waals surface area contributed by atoms with E-state index in [9.17, 15) is 8.42 Å². The van der Waals surface area contributed by atoms with Gasteiger partial charge in [0.05, 0.1) is 17.2 Å². The third-order valence-electron chi connectivity index (χ3n) is 2.48. The largest absolute Gasteiger partial charge is 0.491 e. The molecule has 6 heteroatoms. The molecule has 0 amide bonds. The number of primary sulfonamides is 1. The third-order valence-corrected chi connectivity index (χ3v) is 3.39. The van der Waals surface area contributed by atoms with Crippen molar-refractivity contribution in [3.8, 4) is 5.75 Å². The maximum Gasteiger partial charge on any atom is 0.238 e. The van der Waals surface area contributed by atoms with E-state index in [-0.39, 0.29) is 4.90 Å². The molecule has 1 aliphatic carbocycles. The Bertz CT molecular complexity index is 495. The van der Waals surface area contributed by atoms with Crippen LogP contribution in [0.2, 0.25) is 0 Å². The highest BCUT2D eigenvalue weighted by atomic mass is 32.2. The molecule has 1 aromatic carbocycles. The lowest BCUT2D eigenvalue weighted by atomic mass is 10.3. The van der Waals surface area contributed by atoms with Crippen LogP contribution in [0.25, 0.3) is 0 Å². The van der Waals surface area contributed by atoms with Crippen molar-refractivity contribution in [1.82, 2.24) is 0 Å². The van der Waals surface area contributed by atoms with Gasteiger partial charge in [-0.3, -0.25) is 0 Å². The predicted octanol–water partition coefficient (Wildman–Crippen LogP) is 0.705. The topological polar surface area (TPSA) is 95.4 Å². The molecular weight excluding hydrogens is 228 g/mol. The van der Waals surface area contributed by atoms with Gasteiger partial charge < -0.3 is 10.5 Å². The zero-order valence-electron chi connectivity index (χ0n) is 8.72. The minimum Gasteiger partial charge on any atom is -0.491 e. The first-order chi connectivity index (χ1) is 7.47. The van der Waals surface area contributed by atoms with E-state index in [1.807, 2.05) is 0 Å². The van der Waals surface area contributed by atoms with Crippen molar-refractivity contribution in [2.45, 2.75) is 17.7 Å². The van der Waals surface area contributed by atoms with Gasteiger partial charge in [-0.2, -0.15) is 0 Å². The van der Waals surface area contributed by atoms with Gasteiger partial charge >= 0.3 is 0 Å². The molecule has 1 saturated carbocycles. The highest BCUT2D eigenvalue weighted by molar-refractivity contribution is 7.89. The summed E-state index contributed by atoms with van der Waals surface area (Å²) >= 11 is 0. The van der Waals surface area contributed by atoms with E-state index in [0.717, 1.165) is 0 Å². The Kier molecular flexibility index (Phi) is 2.77. The van der Waals surface area contributed by atoms with Gasteiger partial charge in [0, 0.05) is 0 Å². The second kappa shape index (κ2) is 3.95. The summed E-state index contributed by atoms with van der Waals surface area (Å²) in [5, 5.41) is 4.98. The van der Waals surface area contributed by atoms with Gasteiger partial charge in [-0.15, -0.1) is 0 Å². The molecule has 0 heterocycles. The van der Waals surface area contributed by atoms with E-state index in [0.29, 0.717) is 24.0 Å². The minimum absolute atomic E-state index is 0.00349. The highest BCUT2D eigenvalue weighted by Crippen LogP contribution is 2.31. The van der Waals surface area contributed by atoms with Crippen molar-refractivity contribution in [2.75, 3.05) is 12.3 Å². The summed E-state index contributed by atoms with van der Waals surface area (Å²) in [4.78, 5) is 0.00349. The minimum atomic E-state index is -3.70. The van der Waals surface area contributed by atoms with Crippen LogP contribution in [0.5, 0.6) is 5.75 Å². The molecule has 1 fully saturated rings. The quantitative estimate of drug-likeness (QED) is 0.760. The third kappa shape index (κ3) is 2.65. The first-order valence-electron chi connectivity index (χ1n) is 5.02. The molecule has 5 nitrogen and oxygen atoms in total. The van der Waals surface area contributed by atoms with Crippen LogP contribution in [0.1, 0.15) is 12.8 Å². The van der Waals surface area contributed by atoms with E-state index in [1.165, 1.54) is 31.0 Å². The molecule has 16 heavy (non-hydrogen) atoms. The molecule has 0 aliphatic heterocycles. The van der Waals surface area contributed by atoms with Crippen molar-refractivity contribution < 1.29 is 13.2 Å². The Labute approximate surface area is 94.4 Å². The van der Waals surface area contributed by atoms with Crippen molar-refractivity contribution >= 4 is 15.7 Å². The summed E-state index contributed by atoms with van der Waals surface area (Å²) in [5.41, 5.74) is 5.98. The van der Waals surface area contributed by atoms with E-state index in [2.05, 4.69) is 0 Å². The van der Waals surface area contributed by atoms with Gasteiger partial charge in [0.15, 0.2) is 0 Å². The van der Waals surface area contributed by atoms with Crippen LogP contribution < -0.4 is 15.6 Å². The summed E-state index contributed by atoms with van der Waals surface area (Å²) < 4.78 is 27.6. The van der Waals surface area contributed by atoms with Gasteiger partial charge in [-0.25, -0.2) is 13.6 Å². The second-order valence-corrected chi connectivity index (χ2v) is 5.56. The molecule has 2 rings (SSSR count). The van der Waals surface area contributed by atoms with E-state index in [1.54, 1.807) is 0 Å². The maximum atomic E-state index is 11.1. The van der Waals surface area contributed by atoms with Crippen molar-refractivity contribution in [3.05, 3.63) is 18.2 Å². The summed E-state index contributed by atoms with van der Waals surface area (Å²) in [6.07, 6.45) is 2.38. The average molecular weight is 242 g/mol.